The third-order valence-corrected chi connectivity index (χ3v) is 7.93. The molecule has 0 spiro atoms. The van der Waals surface area contributed by atoms with E-state index in [4.69, 9.17) is 9.72 Å². The number of aromatic nitrogens is 2. The molecule has 1 N–H and O–H groups in total. The van der Waals surface area contributed by atoms with Crippen LogP contribution in [-0.2, 0) is 16.0 Å². The Hall–Kier alpha value is -2.66. The highest BCUT2D eigenvalue weighted by molar-refractivity contribution is 5.74. The van der Waals surface area contributed by atoms with Crippen LogP contribution in [0.2, 0.25) is 0 Å². The summed E-state index contributed by atoms with van der Waals surface area (Å²) in [6.45, 7) is 5.80. The van der Waals surface area contributed by atoms with E-state index in [-0.39, 0.29) is 17.5 Å². The number of carbonyl (C=O) groups is 1. The van der Waals surface area contributed by atoms with Crippen LogP contribution in [0.5, 0.6) is 0 Å². The first kappa shape index (κ1) is 23.1. The second kappa shape index (κ2) is 9.53. The Labute approximate surface area is 202 Å². The summed E-state index contributed by atoms with van der Waals surface area (Å²) in [5.41, 5.74) is 4.65. The number of ether oxygens (including phenoxy) is 1. The lowest BCUT2D eigenvalue weighted by Gasteiger charge is -2.52. The number of hydrogen-bond donors (Lipinski definition) is 1. The SMILES string of the molecule is CC(C)C(=O)O[C@]1(CCN(C)CCCc2nc3ccccc3[nH]2)C[C@@H]2CC[C@@H]1c1ccccc12. The molecule has 34 heavy (non-hydrogen) atoms. The number of para-hydroxylation sites is 2. The fraction of sp³-hybridized carbons (Fsp3) is 0.517. The van der Waals surface area contributed by atoms with Gasteiger partial charge < -0.3 is 14.6 Å². The number of carbonyl (C=O) groups excluding carboxylic acids is 1. The fourth-order valence-electron chi connectivity index (χ4n) is 6.09. The lowest BCUT2D eigenvalue weighted by molar-refractivity contribution is -0.173. The summed E-state index contributed by atoms with van der Waals surface area (Å²) in [6, 6.07) is 17.0. The van der Waals surface area contributed by atoms with Crippen molar-refractivity contribution in [1.29, 1.82) is 0 Å². The zero-order chi connectivity index (χ0) is 23.7. The molecule has 0 aliphatic heterocycles. The van der Waals surface area contributed by atoms with Gasteiger partial charge in [0.15, 0.2) is 0 Å². The summed E-state index contributed by atoms with van der Waals surface area (Å²) < 4.78 is 6.41. The van der Waals surface area contributed by atoms with E-state index in [0.717, 1.165) is 62.1 Å². The van der Waals surface area contributed by atoms with Crippen molar-refractivity contribution < 1.29 is 9.53 Å². The molecule has 3 aliphatic carbocycles. The summed E-state index contributed by atoms with van der Waals surface area (Å²) in [6.07, 6.45) is 6.15. The average molecular weight is 460 g/mol. The topological polar surface area (TPSA) is 58.2 Å². The standard InChI is InChI=1S/C29H37N3O2/c1-20(2)28(33)34-29(19-21-14-15-24(29)23-10-5-4-9-22(21)23)16-18-32(3)17-8-13-27-30-25-11-6-7-12-26(25)31-27/h4-7,9-12,20-21,24H,8,13-19H2,1-3H3,(H,30,31)/t21-,24+,29+/m0/s1. The summed E-state index contributed by atoms with van der Waals surface area (Å²) in [5, 5.41) is 0. The summed E-state index contributed by atoms with van der Waals surface area (Å²) in [4.78, 5) is 23.3. The summed E-state index contributed by atoms with van der Waals surface area (Å²) in [7, 11) is 2.19. The molecule has 0 unspecified atom stereocenters. The fourth-order valence-corrected chi connectivity index (χ4v) is 6.09. The molecule has 5 heteroatoms. The minimum Gasteiger partial charge on any atom is -0.458 e. The predicted molar refractivity (Wildman–Crippen MR) is 136 cm³/mol. The van der Waals surface area contributed by atoms with Crippen molar-refractivity contribution in [3.05, 3.63) is 65.5 Å². The van der Waals surface area contributed by atoms with Gasteiger partial charge in [-0.2, -0.15) is 0 Å². The maximum atomic E-state index is 12.8. The van der Waals surface area contributed by atoms with Crippen molar-refractivity contribution >= 4 is 17.0 Å². The molecule has 3 aliphatic rings. The second-order valence-electron chi connectivity index (χ2n) is 10.7. The van der Waals surface area contributed by atoms with Crippen molar-refractivity contribution in [2.45, 2.75) is 69.8 Å². The molecular weight excluding hydrogens is 422 g/mol. The van der Waals surface area contributed by atoms with Crippen LogP contribution in [-0.4, -0.2) is 46.6 Å². The Morgan fingerprint density at radius 2 is 1.88 bits per heavy atom. The van der Waals surface area contributed by atoms with E-state index in [1.165, 1.54) is 17.5 Å². The van der Waals surface area contributed by atoms with Gasteiger partial charge in [-0.25, -0.2) is 4.98 Å². The van der Waals surface area contributed by atoms with Crippen LogP contribution in [0.25, 0.3) is 11.0 Å². The molecule has 6 rings (SSSR count). The monoisotopic (exact) mass is 459 g/mol. The smallest absolute Gasteiger partial charge is 0.308 e. The number of aromatic amines is 1. The molecule has 3 aromatic rings. The number of aryl methyl sites for hydroxylation is 1. The Balaban J connectivity index is 1.24. The van der Waals surface area contributed by atoms with Crippen LogP contribution in [0.1, 0.15) is 74.7 Å². The highest BCUT2D eigenvalue weighted by Crippen LogP contribution is 2.57. The van der Waals surface area contributed by atoms with Gasteiger partial charge >= 0.3 is 5.97 Å². The number of nitrogens with one attached hydrogen (secondary N) is 1. The zero-order valence-electron chi connectivity index (χ0n) is 20.7. The number of nitrogens with zero attached hydrogens (tertiary/aromatic N) is 2. The van der Waals surface area contributed by atoms with Crippen molar-refractivity contribution in [3.8, 4) is 0 Å². The van der Waals surface area contributed by atoms with Gasteiger partial charge in [0.05, 0.1) is 17.0 Å². The van der Waals surface area contributed by atoms with E-state index in [1.807, 2.05) is 26.0 Å². The van der Waals surface area contributed by atoms with Crippen molar-refractivity contribution in [1.82, 2.24) is 14.9 Å². The van der Waals surface area contributed by atoms with Crippen molar-refractivity contribution in [3.63, 3.8) is 0 Å². The molecular formula is C29H37N3O2. The van der Waals surface area contributed by atoms with Crippen molar-refractivity contribution in [2.75, 3.05) is 20.1 Å². The van der Waals surface area contributed by atoms with E-state index < -0.39 is 0 Å². The minimum absolute atomic E-state index is 0.0578. The second-order valence-corrected chi connectivity index (χ2v) is 10.7. The highest BCUT2D eigenvalue weighted by atomic mass is 16.6. The number of hydrogen-bond acceptors (Lipinski definition) is 4. The Bertz CT molecular complexity index is 1120. The molecule has 3 atom stereocenters. The van der Waals surface area contributed by atoms with Crippen LogP contribution in [0.15, 0.2) is 48.5 Å². The van der Waals surface area contributed by atoms with Crippen LogP contribution in [0.4, 0.5) is 0 Å². The molecule has 5 nitrogen and oxygen atoms in total. The molecule has 0 amide bonds. The molecule has 0 saturated heterocycles. The predicted octanol–water partition coefficient (Wildman–Crippen LogP) is 5.82. The van der Waals surface area contributed by atoms with Crippen molar-refractivity contribution in [2.24, 2.45) is 5.92 Å². The van der Waals surface area contributed by atoms with E-state index in [1.54, 1.807) is 0 Å². The number of H-pyrrole nitrogens is 1. The quantitative estimate of drug-likeness (QED) is 0.410. The van der Waals surface area contributed by atoms with Gasteiger partial charge in [0.1, 0.15) is 11.4 Å². The lowest BCUT2D eigenvalue weighted by Crippen LogP contribution is -2.51. The Morgan fingerprint density at radius 1 is 1.12 bits per heavy atom. The number of esters is 1. The minimum atomic E-state index is -0.383. The number of rotatable bonds is 9. The van der Waals surface area contributed by atoms with Crippen LogP contribution >= 0.6 is 0 Å². The molecule has 2 aromatic carbocycles. The van der Waals surface area contributed by atoms with Gasteiger partial charge in [0.25, 0.3) is 0 Å². The summed E-state index contributed by atoms with van der Waals surface area (Å²) in [5.74, 6) is 1.70. The zero-order valence-corrected chi connectivity index (χ0v) is 20.7. The van der Waals surface area contributed by atoms with Crippen LogP contribution in [0, 0.1) is 5.92 Å². The van der Waals surface area contributed by atoms with E-state index in [2.05, 4.69) is 53.3 Å². The third kappa shape index (κ3) is 4.50. The Morgan fingerprint density at radius 3 is 2.68 bits per heavy atom. The largest absolute Gasteiger partial charge is 0.458 e. The van der Waals surface area contributed by atoms with Gasteiger partial charge in [0, 0.05) is 25.3 Å². The van der Waals surface area contributed by atoms with E-state index in [0.29, 0.717) is 11.8 Å². The van der Waals surface area contributed by atoms with Crippen LogP contribution < -0.4 is 0 Å². The van der Waals surface area contributed by atoms with Gasteiger partial charge in [-0.1, -0.05) is 50.2 Å². The molecule has 2 bridgehead atoms. The number of fused-ring (bicyclic) bond motifs is 3. The lowest BCUT2D eigenvalue weighted by atomic mass is 9.58. The molecule has 1 saturated carbocycles. The molecule has 180 valence electrons. The molecule has 0 radical (unpaired) electrons. The molecule has 1 heterocycles. The first-order valence-electron chi connectivity index (χ1n) is 12.9. The normalized spacial score (nSPS) is 23.6. The van der Waals surface area contributed by atoms with E-state index >= 15 is 0 Å². The average Bonchev–Trinajstić information content (AvgIpc) is 3.26. The molecule has 1 aromatic heterocycles. The third-order valence-electron chi connectivity index (χ3n) is 7.93. The van der Waals surface area contributed by atoms with Gasteiger partial charge in [-0.3, -0.25) is 4.79 Å². The highest BCUT2D eigenvalue weighted by Gasteiger charge is 2.52. The first-order valence-corrected chi connectivity index (χ1v) is 12.9. The maximum absolute atomic E-state index is 12.8. The number of benzene rings is 2. The molecule has 1 fully saturated rings. The van der Waals surface area contributed by atoms with Crippen LogP contribution in [0.3, 0.4) is 0 Å². The Kier molecular flexibility index (Phi) is 6.48. The van der Waals surface area contributed by atoms with Gasteiger partial charge in [-0.15, -0.1) is 0 Å². The van der Waals surface area contributed by atoms with E-state index in [9.17, 15) is 4.79 Å². The maximum Gasteiger partial charge on any atom is 0.308 e. The number of imidazole rings is 1. The first-order chi connectivity index (χ1) is 16.4. The van der Waals surface area contributed by atoms with Gasteiger partial charge in [0.2, 0.25) is 0 Å². The van der Waals surface area contributed by atoms with Gasteiger partial charge in [-0.05, 0) is 68.5 Å². The summed E-state index contributed by atoms with van der Waals surface area (Å²) >= 11 is 0.